The lowest BCUT2D eigenvalue weighted by atomic mass is 10.00. The van der Waals surface area contributed by atoms with Crippen LogP contribution in [0.15, 0.2) is 140 Å². The van der Waals surface area contributed by atoms with E-state index in [1.165, 1.54) is 12.1 Å². The first-order valence-electron chi connectivity index (χ1n) is 22.5. The highest BCUT2D eigenvalue weighted by Gasteiger charge is 2.52. The number of hydrogen-bond acceptors (Lipinski definition) is 8. The van der Waals surface area contributed by atoms with Gasteiger partial charge in [-0.05, 0) is 110 Å². The lowest BCUT2D eigenvalue weighted by Gasteiger charge is -2.46. The third kappa shape index (κ3) is 10.9. The number of ether oxygens (including phenoxy) is 3. The molecule has 1 unspecified atom stereocenters. The number of rotatable bonds is 17. The Labute approximate surface area is 388 Å². The molecule has 0 aliphatic carbocycles. The van der Waals surface area contributed by atoms with Crippen LogP contribution < -0.4 is 24.7 Å². The summed E-state index contributed by atoms with van der Waals surface area (Å²) < 4.78 is 62.3. The minimum Gasteiger partial charge on any atom is -0.481 e. The highest BCUT2D eigenvalue weighted by Crippen LogP contribution is 2.46. The lowest BCUT2D eigenvalue weighted by molar-refractivity contribution is -0.156. The van der Waals surface area contributed by atoms with E-state index in [0.29, 0.717) is 17.9 Å². The number of esters is 2. The molecule has 346 valence electrons. The summed E-state index contributed by atoms with van der Waals surface area (Å²) in [6.45, 7) is 15.9. The van der Waals surface area contributed by atoms with Crippen molar-refractivity contribution in [3.8, 4) is 22.6 Å². The first kappa shape index (κ1) is 48.2. The van der Waals surface area contributed by atoms with Gasteiger partial charge in [0.1, 0.15) is 29.5 Å². The van der Waals surface area contributed by atoms with Gasteiger partial charge in [0.15, 0.2) is 6.35 Å². The minimum absolute atomic E-state index is 0.0379. The third-order valence-electron chi connectivity index (χ3n) is 11.6. The minimum atomic E-state index is -3.89. The molecular weight excluding hydrogens is 871 g/mol. The predicted octanol–water partition coefficient (Wildman–Crippen LogP) is 11.2. The van der Waals surface area contributed by atoms with Crippen molar-refractivity contribution in [2.45, 2.75) is 104 Å². The normalized spacial score (nSPS) is 17.2. The maximum absolute atomic E-state index is 14.5. The molecule has 13 heteroatoms. The number of halogens is 1. The zero-order chi connectivity index (χ0) is 47.2. The van der Waals surface area contributed by atoms with E-state index in [-0.39, 0.29) is 35.4 Å². The second-order valence-electron chi connectivity index (χ2n) is 18.3. The van der Waals surface area contributed by atoms with Crippen molar-refractivity contribution in [1.82, 2.24) is 9.65 Å². The summed E-state index contributed by atoms with van der Waals surface area (Å²) in [6.07, 6.45) is 2.68. The summed E-state index contributed by atoms with van der Waals surface area (Å²) in [5.74, 6) is -0.555. The molecule has 1 aliphatic rings. The van der Waals surface area contributed by atoms with Gasteiger partial charge in [0.2, 0.25) is 0 Å². The average Bonchev–Trinajstić information content (AvgIpc) is 3.61. The topological polar surface area (TPSA) is 114 Å². The number of hydrogen-bond donors (Lipinski definition) is 1. The number of aromatic nitrogens is 1. The van der Waals surface area contributed by atoms with E-state index in [0.717, 1.165) is 38.1 Å². The van der Waals surface area contributed by atoms with Crippen LogP contribution in [0.4, 0.5) is 4.39 Å². The van der Waals surface area contributed by atoms with Gasteiger partial charge in [0.05, 0.1) is 18.6 Å². The average molecular weight is 931 g/mol. The SMILES string of the molecule is CC(C)OC(=O)[C@H](C)NP(=O)(COc1ccc2c(c1)c(-c1ccc(F)cc1)c(C=C[C@@H]1C[C@@H](O[Si](c3ccccc3)(c3ccccc3)C(C)(C)C)CC(=O)O1)n2C(C)C)Oc1ccccc1. The fraction of sp³-hybridized carbons (Fsp3) is 0.321. The molecule has 0 amide bonds. The molecule has 0 radical (unpaired) electrons. The zero-order valence-corrected chi connectivity index (χ0v) is 40.8. The van der Waals surface area contributed by atoms with Crippen LogP contribution in [0, 0.1) is 5.82 Å². The smallest absolute Gasteiger partial charge is 0.354 e. The Morgan fingerprint density at radius 1 is 0.864 bits per heavy atom. The van der Waals surface area contributed by atoms with Gasteiger partial charge in [-0.15, -0.1) is 0 Å². The van der Waals surface area contributed by atoms with Crippen LogP contribution in [-0.4, -0.2) is 55.5 Å². The van der Waals surface area contributed by atoms with Crippen LogP contribution >= 0.6 is 7.52 Å². The van der Waals surface area contributed by atoms with Gasteiger partial charge >= 0.3 is 19.5 Å². The second-order valence-corrected chi connectivity index (χ2v) is 24.6. The molecule has 66 heavy (non-hydrogen) atoms. The molecule has 2 heterocycles. The summed E-state index contributed by atoms with van der Waals surface area (Å²) >= 11 is 0. The van der Waals surface area contributed by atoms with Crippen LogP contribution in [0.3, 0.4) is 0 Å². The number of para-hydroxylation sites is 1. The van der Waals surface area contributed by atoms with Gasteiger partial charge in [-0.25, -0.2) is 9.48 Å². The van der Waals surface area contributed by atoms with E-state index in [1.807, 2.05) is 66.7 Å². The number of cyclic esters (lactones) is 1. The van der Waals surface area contributed by atoms with Crippen LogP contribution in [0.2, 0.25) is 5.04 Å². The summed E-state index contributed by atoms with van der Waals surface area (Å²) in [7, 11) is -6.87. The number of carbonyl (C=O) groups is 2. The quantitative estimate of drug-likeness (QED) is 0.0542. The van der Waals surface area contributed by atoms with E-state index in [9.17, 15) is 18.5 Å². The highest BCUT2D eigenvalue weighted by atomic mass is 31.2. The Balaban J connectivity index is 1.24. The fourth-order valence-electron chi connectivity index (χ4n) is 8.77. The van der Waals surface area contributed by atoms with Crippen molar-refractivity contribution < 1.29 is 41.7 Å². The van der Waals surface area contributed by atoms with E-state index in [2.05, 4.69) is 68.5 Å². The summed E-state index contributed by atoms with van der Waals surface area (Å²) in [6, 6.07) is 40.3. The summed E-state index contributed by atoms with van der Waals surface area (Å²) in [4.78, 5) is 26.3. The first-order valence-corrected chi connectivity index (χ1v) is 26.2. The van der Waals surface area contributed by atoms with Crippen molar-refractivity contribution in [2.24, 2.45) is 0 Å². The molecular formula is C53H60FN2O8PSi. The lowest BCUT2D eigenvalue weighted by Crippen LogP contribution is -2.68. The number of fused-ring (bicyclic) bond motifs is 1. The van der Waals surface area contributed by atoms with Crippen LogP contribution in [0.1, 0.15) is 80.0 Å². The maximum Gasteiger partial charge on any atom is 0.354 e. The number of nitrogens with one attached hydrogen (secondary N) is 1. The Bertz CT molecular complexity index is 2650. The van der Waals surface area contributed by atoms with Gasteiger partial charge in [-0.3, -0.25) is 14.2 Å². The molecule has 0 saturated carbocycles. The molecule has 1 aromatic heterocycles. The standard InChI is InChI=1S/C53H60FN2O8PSi/c1-36(2)56-48-30-28-42(60-35-65(59,63-41-18-12-9-13-19-41)55-38(5)52(58)61-37(3)4)33-47(48)51(39-24-26-40(54)27-25-39)49(56)31-29-43-32-44(34-50(57)62-43)64-66(53(6,7)8,45-20-14-10-15-21-45)46-22-16-11-17-23-46/h9-31,33,36-38,43-44H,32,34-35H2,1-8H3,(H,55,59)/t38-,43+,44+,65?/m0/s1. The Morgan fingerprint density at radius 3 is 2.05 bits per heavy atom. The molecule has 0 bridgehead atoms. The Hall–Kier alpha value is -5.78. The van der Waals surface area contributed by atoms with Crippen molar-refractivity contribution in [2.75, 3.05) is 6.35 Å². The van der Waals surface area contributed by atoms with E-state index in [1.54, 1.807) is 63.2 Å². The monoisotopic (exact) mass is 930 g/mol. The van der Waals surface area contributed by atoms with E-state index >= 15 is 0 Å². The number of nitrogens with zero attached hydrogens (tertiary/aromatic N) is 1. The van der Waals surface area contributed by atoms with Crippen molar-refractivity contribution in [1.29, 1.82) is 0 Å². The molecule has 0 spiro atoms. The first-order chi connectivity index (χ1) is 31.5. The predicted molar refractivity (Wildman–Crippen MR) is 262 cm³/mol. The summed E-state index contributed by atoms with van der Waals surface area (Å²) in [5.41, 5.74) is 3.24. The molecule has 1 fully saturated rings. The third-order valence-corrected chi connectivity index (χ3v) is 18.4. The summed E-state index contributed by atoms with van der Waals surface area (Å²) in [5, 5.41) is 5.63. The van der Waals surface area contributed by atoms with Gasteiger partial charge in [-0.1, -0.05) is 112 Å². The van der Waals surface area contributed by atoms with Gasteiger partial charge < -0.3 is 27.7 Å². The zero-order valence-electron chi connectivity index (χ0n) is 38.9. The highest BCUT2D eigenvalue weighted by molar-refractivity contribution is 7.57. The number of benzene rings is 5. The van der Waals surface area contributed by atoms with Crippen molar-refractivity contribution >= 4 is 55.1 Å². The Morgan fingerprint density at radius 2 is 1.47 bits per heavy atom. The maximum atomic E-state index is 14.5. The van der Waals surface area contributed by atoms with E-state index in [4.69, 9.17) is 23.2 Å². The molecule has 1 aliphatic heterocycles. The fourth-order valence-corrected chi connectivity index (χ4v) is 15.1. The van der Waals surface area contributed by atoms with Gasteiger partial charge in [0.25, 0.3) is 8.32 Å². The van der Waals surface area contributed by atoms with Crippen LogP contribution in [0.25, 0.3) is 28.1 Å². The number of carbonyl (C=O) groups excluding carboxylic acids is 2. The molecule has 5 aromatic carbocycles. The van der Waals surface area contributed by atoms with Gasteiger partial charge in [0, 0.05) is 34.6 Å². The molecule has 10 nitrogen and oxygen atoms in total. The molecule has 1 saturated heterocycles. The van der Waals surface area contributed by atoms with Gasteiger partial charge in [-0.2, -0.15) is 0 Å². The van der Waals surface area contributed by atoms with Crippen LogP contribution in [-0.2, 0) is 28.1 Å². The second kappa shape index (κ2) is 20.4. The Kier molecular flexibility index (Phi) is 14.9. The van der Waals surface area contributed by atoms with Crippen LogP contribution in [0.5, 0.6) is 11.5 Å². The van der Waals surface area contributed by atoms with Crippen molar-refractivity contribution in [3.05, 3.63) is 151 Å². The largest absolute Gasteiger partial charge is 0.481 e. The molecule has 6 aromatic rings. The molecule has 1 N–H and O–H groups in total. The van der Waals surface area contributed by atoms with Crippen molar-refractivity contribution in [3.63, 3.8) is 0 Å². The molecule has 4 atom stereocenters. The molecule has 7 rings (SSSR count). The van der Waals surface area contributed by atoms with E-state index < -0.39 is 46.4 Å².